The average molecular weight is 381 g/mol. The van der Waals surface area contributed by atoms with Crippen LogP contribution in [0.15, 0.2) is 60.1 Å². The summed E-state index contributed by atoms with van der Waals surface area (Å²) in [6, 6.07) is 14.2. The highest BCUT2D eigenvalue weighted by molar-refractivity contribution is 5.85. The molecule has 2 aromatic rings. The molecule has 3 nitrogen and oxygen atoms in total. The van der Waals surface area contributed by atoms with Crippen molar-refractivity contribution in [3.63, 3.8) is 0 Å². The van der Waals surface area contributed by atoms with E-state index in [0.29, 0.717) is 36.5 Å². The van der Waals surface area contributed by atoms with Crippen molar-refractivity contribution in [3.05, 3.63) is 71.3 Å². The third-order valence-corrected chi connectivity index (χ3v) is 4.93. The summed E-state index contributed by atoms with van der Waals surface area (Å²) in [5, 5.41) is 0. The summed E-state index contributed by atoms with van der Waals surface area (Å²) in [7, 11) is 5.59. The Labute approximate surface area is 167 Å². The van der Waals surface area contributed by atoms with E-state index in [-0.39, 0.29) is 5.83 Å². The van der Waals surface area contributed by atoms with Crippen molar-refractivity contribution >= 4 is 5.57 Å². The second-order valence-electron chi connectivity index (χ2n) is 7.27. The second kappa shape index (κ2) is 9.07. The largest absolute Gasteiger partial charge is 0.496 e. The molecule has 0 fully saturated rings. The van der Waals surface area contributed by atoms with Crippen molar-refractivity contribution in [2.24, 2.45) is 0 Å². The standard InChI is InChI=1S/C24H28FNO2/c1-17-8-5-6-9-19(17)18-12-13-22(28-15-14-26(2)3)20(16-18)24-21(25)10-7-11-23(24)27-4/h5-6,8-9,11-13,16H,7,10,14-15H2,1-4H3. The number of hydrogen-bond acceptors (Lipinski definition) is 3. The van der Waals surface area contributed by atoms with E-state index in [2.05, 4.69) is 24.0 Å². The van der Waals surface area contributed by atoms with Crippen LogP contribution in [0.2, 0.25) is 0 Å². The van der Waals surface area contributed by atoms with Gasteiger partial charge >= 0.3 is 0 Å². The molecule has 0 unspecified atom stereocenters. The van der Waals surface area contributed by atoms with E-state index in [0.717, 1.165) is 23.2 Å². The molecule has 0 atom stereocenters. The minimum Gasteiger partial charge on any atom is -0.496 e. The maximum atomic E-state index is 14.9. The van der Waals surface area contributed by atoms with Crippen molar-refractivity contribution in [2.75, 3.05) is 34.4 Å². The Hall–Kier alpha value is -2.59. The quantitative estimate of drug-likeness (QED) is 0.622. The topological polar surface area (TPSA) is 21.7 Å². The van der Waals surface area contributed by atoms with Gasteiger partial charge in [0.25, 0.3) is 0 Å². The van der Waals surface area contributed by atoms with Crippen molar-refractivity contribution in [1.29, 1.82) is 0 Å². The fraction of sp³-hybridized carbons (Fsp3) is 0.333. The summed E-state index contributed by atoms with van der Waals surface area (Å²) in [6.45, 7) is 3.40. The van der Waals surface area contributed by atoms with Crippen LogP contribution < -0.4 is 4.74 Å². The van der Waals surface area contributed by atoms with Crippen LogP contribution in [0.5, 0.6) is 5.75 Å². The molecule has 0 heterocycles. The van der Waals surface area contributed by atoms with Crippen molar-refractivity contribution in [2.45, 2.75) is 19.8 Å². The molecule has 148 valence electrons. The fourth-order valence-corrected chi connectivity index (χ4v) is 3.41. The minimum atomic E-state index is -0.154. The molecule has 0 N–H and O–H groups in total. The molecule has 0 bridgehead atoms. The van der Waals surface area contributed by atoms with E-state index in [1.807, 2.05) is 50.5 Å². The van der Waals surface area contributed by atoms with E-state index >= 15 is 0 Å². The number of aryl methyl sites for hydroxylation is 1. The summed E-state index contributed by atoms with van der Waals surface area (Å²) in [4.78, 5) is 2.06. The molecular weight excluding hydrogens is 353 g/mol. The molecule has 0 saturated heterocycles. The third kappa shape index (κ3) is 4.45. The van der Waals surface area contributed by atoms with Crippen molar-refractivity contribution < 1.29 is 13.9 Å². The predicted molar refractivity (Wildman–Crippen MR) is 113 cm³/mol. The lowest BCUT2D eigenvalue weighted by atomic mass is 9.92. The summed E-state index contributed by atoms with van der Waals surface area (Å²) in [5.74, 6) is 1.09. The molecule has 0 spiro atoms. The summed E-state index contributed by atoms with van der Waals surface area (Å²) in [5.41, 5.74) is 4.59. The first-order chi connectivity index (χ1) is 13.5. The zero-order valence-electron chi connectivity index (χ0n) is 17.1. The number of halogens is 1. The number of nitrogens with zero attached hydrogens (tertiary/aromatic N) is 1. The minimum absolute atomic E-state index is 0.154. The van der Waals surface area contributed by atoms with Crippen LogP contribution in [-0.2, 0) is 4.74 Å². The van der Waals surface area contributed by atoms with Gasteiger partial charge in [0.05, 0.1) is 12.7 Å². The van der Waals surface area contributed by atoms with Gasteiger partial charge in [0.1, 0.15) is 23.9 Å². The van der Waals surface area contributed by atoms with Gasteiger partial charge in [0.15, 0.2) is 0 Å². The van der Waals surface area contributed by atoms with Gasteiger partial charge in [-0.1, -0.05) is 30.3 Å². The van der Waals surface area contributed by atoms with Crippen LogP contribution >= 0.6 is 0 Å². The zero-order chi connectivity index (χ0) is 20.1. The van der Waals surface area contributed by atoms with Crippen molar-refractivity contribution in [1.82, 2.24) is 4.90 Å². The number of rotatable bonds is 7. The van der Waals surface area contributed by atoms with Gasteiger partial charge in [0.2, 0.25) is 0 Å². The van der Waals surface area contributed by atoms with Gasteiger partial charge in [0, 0.05) is 18.5 Å². The maximum Gasteiger partial charge on any atom is 0.127 e. The normalized spacial score (nSPS) is 14.3. The molecule has 4 heteroatoms. The molecule has 1 aliphatic rings. The van der Waals surface area contributed by atoms with Gasteiger partial charge in [-0.3, -0.25) is 0 Å². The number of allylic oxidation sites excluding steroid dienone is 3. The van der Waals surface area contributed by atoms with Gasteiger partial charge in [-0.05, 0) is 62.3 Å². The number of methoxy groups -OCH3 is 1. The Bertz CT molecular complexity index is 899. The molecule has 2 aromatic carbocycles. The van der Waals surface area contributed by atoms with E-state index in [1.54, 1.807) is 7.11 Å². The lowest BCUT2D eigenvalue weighted by Gasteiger charge is -2.21. The highest BCUT2D eigenvalue weighted by atomic mass is 19.1. The fourth-order valence-electron chi connectivity index (χ4n) is 3.41. The summed E-state index contributed by atoms with van der Waals surface area (Å²) < 4.78 is 26.4. The van der Waals surface area contributed by atoms with Crippen LogP contribution in [0.25, 0.3) is 16.7 Å². The van der Waals surface area contributed by atoms with Crippen LogP contribution in [0.4, 0.5) is 4.39 Å². The number of hydrogen-bond donors (Lipinski definition) is 0. The molecule has 28 heavy (non-hydrogen) atoms. The summed E-state index contributed by atoms with van der Waals surface area (Å²) in [6.07, 6.45) is 2.98. The highest BCUT2D eigenvalue weighted by Gasteiger charge is 2.23. The van der Waals surface area contributed by atoms with Crippen LogP contribution in [0.1, 0.15) is 24.0 Å². The van der Waals surface area contributed by atoms with Gasteiger partial charge < -0.3 is 14.4 Å². The summed E-state index contributed by atoms with van der Waals surface area (Å²) >= 11 is 0. The van der Waals surface area contributed by atoms with Crippen LogP contribution in [0, 0.1) is 6.92 Å². The Morgan fingerprint density at radius 3 is 2.57 bits per heavy atom. The molecule has 0 aliphatic heterocycles. The molecule has 3 rings (SSSR count). The van der Waals surface area contributed by atoms with E-state index in [4.69, 9.17) is 9.47 Å². The molecule has 0 saturated carbocycles. The second-order valence-corrected chi connectivity index (χ2v) is 7.27. The van der Waals surface area contributed by atoms with Crippen LogP contribution in [0.3, 0.4) is 0 Å². The highest BCUT2D eigenvalue weighted by Crippen LogP contribution is 2.41. The third-order valence-electron chi connectivity index (χ3n) is 4.93. The van der Waals surface area contributed by atoms with E-state index in [9.17, 15) is 4.39 Å². The first-order valence-corrected chi connectivity index (χ1v) is 9.62. The molecule has 0 radical (unpaired) electrons. The van der Waals surface area contributed by atoms with E-state index in [1.165, 1.54) is 5.56 Å². The number of likely N-dealkylation sites (N-methyl/N-ethyl adjacent to an activating group) is 1. The van der Waals surface area contributed by atoms with Gasteiger partial charge in [-0.2, -0.15) is 0 Å². The Morgan fingerprint density at radius 1 is 1.07 bits per heavy atom. The number of benzene rings is 2. The average Bonchev–Trinajstić information content (AvgIpc) is 2.68. The Kier molecular flexibility index (Phi) is 6.53. The first kappa shape index (κ1) is 20.2. The van der Waals surface area contributed by atoms with Crippen molar-refractivity contribution in [3.8, 4) is 16.9 Å². The Balaban J connectivity index is 2.09. The smallest absolute Gasteiger partial charge is 0.127 e. The molecule has 1 aliphatic carbocycles. The van der Waals surface area contributed by atoms with Crippen LogP contribution in [-0.4, -0.2) is 39.3 Å². The zero-order valence-corrected chi connectivity index (χ0v) is 17.1. The van der Waals surface area contributed by atoms with Gasteiger partial charge in [-0.25, -0.2) is 4.39 Å². The lowest BCUT2D eigenvalue weighted by molar-refractivity contribution is 0.260. The Morgan fingerprint density at radius 2 is 1.86 bits per heavy atom. The number of ether oxygens (including phenoxy) is 2. The monoisotopic (exact) mass is 381 g/mol. The SMILES string of the molecule is COC1=CCCC(F)=C1c1cc(-c2ccccc2C)ccc1OCCN(C)C. The molecule has 0 aromatic heterocycles. The lowest BCUT2D eigenvalue weighted by Crippen LogP contribution is -2.19. The molecule has 0 amide bonds. The first-order valence-electron chi connectivity index (χ1n) is 9.62. The predicted octanol–water partition coefficient (Wildman–Crippen LogP) is 5.61. The van der Waals surface area contributed by atoms with E-state index < -0.39 is 0 Å². The van der Waals surface area contributed by atoms with Gasteiger partial charge in [-0.15, -0.1) is 0 Å². The maximum absolute atomic E-state index is 14.9. The molecular formula is C24H28FNO2.